The Morgan fingerprint density at radius 2 is 1.88 bits per heavy atom. The van der Waals surface area contributed by atoms with Gasteiger partial charge in [-0.2, -0.15) is 0 Å². The summed E-state index contributed by atoms with van der Waals surface area (Å²) in [5, 5.41) is 3.41. The SMILES string of the molecule is CC(CC(=O)N1CCC(OCC2CCCCO2)CC1)C1CCNCC1.Cl. The molecule has 0 aliphatic carbocycles. The number of rotatable bonds is 6. The van der Waals surface area contributed by atoms with E-state index in [1.165, 1.54) is 25.7 Å². The first-order chi connectivity index (χ1) is 12.2. The lowest BCUT2D eigenvalue weighted by Gasteiger charge is -2.35. The van der Waals surface area contributed by atoms with E-state index in [0.717, 1.165) is 58.7 Å². The predicted octanol–water partition coefficient (Wildman–Crippen LogP) is 3.01. The van der Waals surface area contributed by atoms with Gasteiger partial charge in [-0.3, -0.25) is 4.79 Å². The number of nitrogens with one attached hydrogen (secondary N) is 1. The van der Waals surface area contributed by atoms with Crippen LogP contribution >= 0.6 is 12.4 Å². The maximum absolute atomic E-state index is 12.6. The molecule has 3 rings (SSSR count). The van der Waals surface area contributed by atoms with E-state index in [0.29, 0.717) is 36.4 Å². The molecule has 3 aliphatic heterocycles. The van der Waals surface area contributed by atoms with Crippen molar-refractivity contribution >= 4 is 18.3 Å². The Labute approximate surface area is 165 Å². The average Bonchev–Trinajstić information content (AvgIpc) is 2.68. The normalized spacial score (nSPS) is 27.0. The summed E-state index contributed by atoms with van der Waals surface area (Å²) < 4.78 is 11.8. The van der Waals surface area contributed by atoms with Gasteiger partial charge in [0, 0.05) is 26.1 Å². The van der Waals surface area contributed by atoms with Crippen LogP contribution in [0.15, 0.2) is 0 Å². The van der Waals surface area contributed by atoms with Crippen molar-refractivity contribution in [2.24, 2.45) is 11.8 Å². The van der Waals surface area contributed by atoms with Gasteiger partial charge in [-0.25, -0.2) is 0 Å². The topological polar surface area (TPSA) is 50.8 Å². The molecule has 0 aromatic carbocycles. The van der Waals surface area contributed by atoms with Gasteiger partial charge < -0.3 is 19.7 Å². The molecule has 2 unspecified atom stereocenters. The molecule has 26 heavy (non-hydrogen) atoms. The number of carbonyl (C=O) groups excluding carboxylic acids is 1. The second-order valence-electron chi connectivity index (χ2n) is 8.17. The highest BCUT2D eigenvalue weighted by Gasteiger charge is 2.28. The molecule has 3 aliphatic rings. The van der Waals surface area contributed by atoms with Crippen LogP contribution in [0.3, 0.4) is 0 Å². The summed E-state index contributed by atoms with van der Waals surface area (Å²) in [6.07, 6.45) is 9.26. The van der Waals surface area contributed by atoms with Gasteiger partial charge in [0.25, 0.3) is 0 Å². The summed E-state index contributed by atoms with van der Waals surface area (Å²) in [7, 11) is 0. The minimum Gasteiger partial charge on any atom is -0.376 e. The van der Waals surface area contributed by atoms with Crippen LogP contribution in [-0.2, 0) is 14.3 Å². The minimum atomic E-state index is 0. The fourth-order valence-electron chi connectivity index (χ4n) is 4.44. The zero-order chi connectivity index (χ0) is 17.5. The van der Waals surface area contributed by atoms with E-state index in [1.54, 1.807) is 0 Å². The molecule has 0 aromatic rings. The number of likely N-dealkylation sites (tertiary alicyclic amines) is 1. The maximum Gasteiger partial charge on any atom is 0.222 e. The number of carbonyl (C=O) groups is 1. The standard InChI is InChI=1S/C20H36N2O3.ClH/c1-16(17-5-9-21-10-6-17)14-20(23)22-11-7-18(8-12-22)25-15-19-4-2-3-13-24-19;/h16-19,21H,2-15H2,1H3;1H. The van der Waals surface area contributed by atoms with Gasteiger partial charge in [0.2, 0.25) is 5.91 Å². The van der Waals surface area contributed by atoms with Gasteiger partial charge in [-0.15, -0.1) is 12.4 Å². The van der Waals surface area contributed by atoms with Crippen LogP contribution < -0.4 is 5.32 Å². The Balaban J connectivity index is 0.00000243. The summed E-state index contributed by atoms with van der Waals surface area (Å²) in [4.78, 5) is 14.7. The summed E-state index contributed by atoms with van der Waals surface area (Å²) >= 11 is 0. The van der Waals surface area contributed by atoms with E-state index >= 15 is 0 Å². The van der Waals surface area contributed by atoms with Crippen molar-refractivity contribution in [1.29, 1.82) is 0 Å². The lowest BCUT2D eigenvalue weighted by molar-refractivity contribution is -0.136. The second kappa shape index (κ2) is 11.5. The van der Waals surface area contributed by atoms with Crippen molar-refractivity contribution in [2.75, 3.05) is 39.4 Å². The molecule has 6 heteroatoms. The van der Waals surface area contributed by atoms with Crippen molar-refractivity contribution in [2.45, 2.75) is 70.5 Å². The van der Waals surface area contributed by atoms with Crippen LogP contribution in [0.5, 0.6) is 0 Å². The lowest BCUT2D eigenvalue weighted by Crippen LogP contribution is -2.42. The molecular weight excluding hydrogens is 352 g/mol. The summed E-state index contributed by atoms with van der Waals surface area (Å²) in [5.41, 5.74) is 0. The van der Waals surface area contributed by atoms with Gasteiger partial charge in [0.15, 0.2) is 0 Å². The van der Waals surface area contributed by atoms with Crippen molar-refractivity contribution in [3.8, 4) is 0 Å². The predicted molar refractivity (Wildman–Crippen MR) is 106 cm³/mol. The third kappa shape index (κ3) is 6.66. The highest BCUT2D eigenvalue weighted by Crippen LogP contribution is 2.26. The second-order valence-corrected chi connectivity index (χ2v) is 8.17. The fraction of sp³-hybridized carbons (Fsp3) is 0.950. The van der Waals surface area contributed by atoms with Gasteiger partial charge in [-0.1, -0.05) is 6.92 Å². The molecule has 152 valence electrons. The zero-order valence-electron chi connectivity index (χ0n) is 16.3. The summed E-state index contributed by atoms with van der Waals surface area (Å²) in [6.45, 7) is 7.80. The minimum absolute atomic E-state index is 0. The quantitative estimate of drug-likeness (QED) is 0.759. The van der Waals surface area contributed by atoms with Gasteiger partial charge >= 0.3 is 0 Å². The number of ether oxygens (including phenoxy) is 2. The zero-order valence-corrected chi connectivity index (χ0v) is 17.1. The molecule has 1 N–H and O–H groups in total. The average molecular weight is 389 g/mol. The first-order valence-corrected chi connectivity index (χ1v) is 10.4. The molecule has 0 aromatic heterocycles. The molecule has 0 bridgehead atoms. The van der Waals surface area contributed by atoms with Gasteiger partial charge in [-0.05, 0) is 69.9 Å². The molecule has 3 fully saturated rings. The Morgan fingerprint density at radius 1 is 1.15 bits per heavy atom. The summed E-state index contributed by atoms with van der Waals surface area (Å²) in [5.74, 6) is 1.56. The fourth-order valence-corrected chi connectivity index (χ4v) is 4.44. The van der Waals surface area contributed by atoms with Crippen molar-refractivity contribution in [1.82, 2.24) is 10.2 Å². The van der Waals surface area contributed by atoms with E-state index < -0.39 is 0 Å². The molecule has 1 amide bonds. The molecular formula is C20H37ClN2O3. The van der Waals surface area contributed by atoms with Gasteiger partial charge in [0.05, 0.1) is 18.8 Å². The summed E-state index contributed by atoms with van der Waals surface area (Å²) in [6, 6.07) is 0. The van der Waals surface area contributed by atoms with E-state index in [9.17, 15) is 4.79 Å². The first kappa shape index (κ1) is 21.9. The first-order valence-electron chi connectivity index (χ1n) is 10.4. The van der Waals surface area contributed by atoms with Crippen LogP contribution in [-0.4, -0.2) is 62.4 Å². The molecule has 3 saturated heterocycles. The number of halogens is 1. The monoisotopic (exact) mass is 388 g/mol. The molecule has 3 heterocycles. The Hall–Kier alpha value is -0.360. The molecule has 2 atom stereocenters. The van der Waals surface area contributed by atoms with Crippen LogP contribution in [0.2, 0.25) is 0 Å². The smallest absolute Gasteiger partial charge is 0.222 e. The van der Waals surface area contributed by atoms with E-state index in [2.05, 4.69) is 17.1 Å². The van der Waals surface area contributed by atoms with Crippen LogP contribution in [0.1, 0.15) is 58.3 Å². The van der Waals surface area contributed by atoms with Crippen LogP contribution in [0, 0.1) is 11.8 Å². The van der Waals surface area contributed by atoms with Gasteiger partial charge in [0.1, 0.15) is 0 Å². The largest absolute Gasteiger partial charge is 0.376 e. The number of amides is 1. The van der Waals surface area contributed by atoms with E-state index in [4.69, 9.17) is 9.47 Å². The lowest BCUT2D eigenvalue weighted by atomic mass is 9.84. The van der Waals surface area contributed by atoms with Crippen molar-refractivity contribution in [3.63, 3.8) is 0 Å². The highest BCUT2D eigenvalue weighted by atomic mass is 35.5. The molecule has 0 radical (unpaired) electrons. The third-order valence-electron chi connectivity index (χ3n) is 6.27. The van der Waals surface area contributed by atoms with E-state index in [1.807, 2.05) is 0 Å². The number of piperidine rings is 2. The van der Waals surface area contributed by atoms with Crippen molar-refractivity contribution in [3.05, 3.63) is 0 Å². The Morgan fingerprint density at radius 3 is 2.54 bits per heavy atom. The molecule has 0 saturated carbocycles. The van der Waals surface area contributed by atoms with E-state index in [-0.39, 0.29) is 12.4 Å². The number of nitrogens with zero attached hydrogens (tertiary/aromatic N) is 1. The number of hydrogen-bond acceptors (Lipinski definition) is 4. The van der Waals surface area contributed by atoms with Crippen LogP contribution in [0.4, 0.5) is 0 Å². The molecule has 0 spiro atoms. The molecule has 5 nitrogen and oxygen atoms in total. The third-order valence-corrected chi connectivity index (χ3v) is 6.27. The van der Waals surface area contributed by atoms with Crippen molar-refractivity contribution < 1.29 is 14.3 Å². The number of hydrogen-bond donors (Lipinski definition) is 1. The van der Waals surface area contributed by atoms with Crippen LogP contribution in [0.25, 0.3) is 0 Å². The maximum atomic E-state index is 12.6. The highest BCUT2D eigenvalue weighted by molar-refractivity contribution is 5.85. The Bertz CT molecular complexity index is 404. The Kier molecular flexibility index (Phi) is 9.68.